The van der Waals surface area contributed by atoms with Crippen molar-refractivity contribution in [3.05, 3.63) is 83.2 Å². The third-order valence-electron chi connectivity index (χ3n) is 4.06. The van der Waals surface area contributed by atoms with Crippen LogP contribution in [0.1, 0.15) is 34.0 Å². The van der Waals surface area contributed by atoms with Gasteiger partial charge in [-0.1, -0.05) is 30.3 Å². The van der Waals surface area contributed by atoms with Crippen LogP contribution in [0.5, 0.6) is 5.75 Å². The maximum Gasteiger partial charge on any atom is 0.251 e. The molecule has 3 rings (SSSR count). The van der Waals surface area contributed by atoms with Gasteiger partial charge in [-0.15, -0.1) is 0 Å². The molecule has 0 unspecified atom stereocenters. The monoisotopic (exact) mass is 349 g/mol. The highest BCUT2D eigenvalue weighted by Crippen LogP contribution is 2.19. The van der Waals surface area contributed by atoms with Crippen molar-refractivity contribution in [1.29, 1.82) is 0 Å². The summed E-state index contributed by atoms with van der Waals surface area (Å²) in [5.74, 6) is 0.707. The number of carbonyl (C=O) groups is 1. The highest BCUT2D eigenvalue weighted by atomic mass is 16.5. The van der Waals surface area contributed by atoms with Crippen molar-refractivity contribution < 1.29 is 9.53 Å². The summed E-state index contributed by atoms with van der Waals surface area (Å²) in [4.78, 5) is 12.4. The van der Waals surface area contributed by atoms with Gasteiger partial charge in [-0.25, -0.2) is 0 Å². The van der Waals surface area contributed by atoms with Crippen molar-refractivity contribution in [3.63, 3.8) is 0 Å². The van der Waals surface area contributed by atoms with E-state index in [1.54, 1.807) is 12.3 Å². The van der Waals surface area contributed by atoms with Gasteiger partial charge in [0.2, 0.25) is 0 Å². The van der Waals surface area contributed by atoms with E-state index in [4.69, 9.17) is 4.74 Å². The number of amides is 1. The second kappa shape index (κ2) is 8.34. The second-order valence-electron chi connectivity index (χ2n) is 6.13. The second-order valence-corrected chi connectivity index (χ2v) is 6.13. The number of hydrogen-bond donors (Lipinski definition) is 1. The number of nitrogens with zero attached hydrogens (tertiary/aromatic N) is 2. The van der Waals surface area contributed by atoms with Gasteiger partial charge < -0.3 is 10.1 Å². The molecule has 0 aliphatic rings. The Balaban J connectivity index is 1.57. The zero-order valence-corrected chi connectivity index (χ0v) is 15.1. The quantitative estimate of drug-likeness (QED) is 0.709. The van der Waals surface area contributed by atoms with Crippen LogP contribution in [0.3, 0.4) is 0 Å². The van der Waals surface area contributed by atoms with Gasteiger partial charge in [0.25, 0.3) is 5.91 Å². The van der Waals surface area contributed by atoms with Gasteiger partial charge in [0, 0.05) is 23.9 Å². The predicted molar refractivity (Wildman–Crippen MR) is 101 cm³/mol. The summed E-state index contributed by atoms with van der Waals surface area (Å²) in [5, 5.41) is 7.30. The van der Waals surface area contributed by atoms with E-state index < -0.39 is 0 Å². The maximum atomic E-state index is 12.4. The average molecular weight is 349 g/mol. The molecule has 1 N–H and O–H groups in total. The van der Waals surface area contributed by atoms with Gasteiger partial charge in [0.15, 0.2) is 0 Å². The fraction of sp³-hybridized carbons (Fsp3) is 0.238. The first-order valence-electron chi connectivity index (χ1n) is 8.72. The van der Waals surface area contributed by atoms with Gasteiger partial charge in [-0.05, 0) is 43.2 Å². The van der Waals surface area contributed by atoms with Crippen LogP contribution < -0.4 is 10.1 Å². The number of aromatic nitrogens is 2. The average Bonchev–Trinajstić information content (AvgIpc) is 3.10. The van der Waals surface area contributed by atoms with Gasteiger partial charge >= 0.3 is 0 Å². The Bertz CT molecular complexity index is 872. The molecular weight excluding hydrogens is 326 g/mol. The highest BCUT2D eigenvalue weighted by Gasteiger charge is 2.09. The lowest BCUT2D eigenvalue weighted by Gasteiger charge is -2.09. The SMILES string of the molecule is CCOc1ccc(C(=O)NCc2cnn(Cc3ccccc3)c2)cc1C. The van der Waals surface area contributed by atoms with Crippen molar-refractivity contribution in [3.8, 4) is 5.75 Å². The van der Waals surface area contributed by atoms with Crippen molar-refractivity contribution >= 4 is 5.91 Å². The molecule has 0 fully saturated rings. The predicted octanol–water partition coefficient (Wildman–Crippen LogP) is 3.57. The first-order valence-corrected chi connectivity index (χ1v) is 8.72. The topological polar surface area (TPSA) is 56.1 Å². The number of benzene rings is 2. The number of aryl methyl sites for hydroxylation is 1. The van der Waals surface area contributed by atoms with Crippen LogP contribution in [0.4, 0.5) is 0 Å². The number of ether oxygens (including phenoxy) is 1. The van der Waals surface area contributed by atoms with Crippen molar-refractivity contribution in [2.75, 3.05) is 6.61 Å². The minimum atomic E-state index is -0.105. The minimum absolute atomic E-state index is 0.105. The molecule has 0 radical (unpaired) electrons. The number of rotatable bonds is 7. The summed E-state index contributed by atoms with van der Waals surface area (Å²) in [7, 11) is 0. The summed E-state index contributed by atoms with van der Waals surface area (Å²) in [6.07, 6.45) is 3.74. The largest absolute Gasteiger partial charge is 0.494 e. The molecule has 26 heavy (non-hydrogen) atoms. The molecule has 0 aliphatic heterocycles. The van der Waals surface area contributed by atoms with Gasteiger partial charge in [-0.3, -0.25) is 9.48 Å². The molecule has 0 bridgehead atoms. The van der Waals surface area contributed by atoms with E-state index in [1.165, 1.54) is 5.56 Å². The maximum absolute atomic E-state index is 12.4. The molecule has 0 spiro atoms. The number of carbonyl (C=O) groups excluding carboxylic acids is 1. The smallest absolute Gasteiger partial charge is 0.251 e. The third kappa shape index (κ3) is 4.51. The van der Waals surface area contributed by atoms with Gasteiger partial charge in [0.05, 0.1) is 19.3 Å². The molecule has 5 heteroatoms. The fourth-order valence-corrected chi connectivity index (χ4v) is 2.75. The molecule has 1 amide bonds. The molecule has 0 saturated heterocycles. The van der Waals surface area contributed by atoms with E-state index in [2.05, 4.69) is 22.5 Å². The molecule has 1 aromatic heterocycles. The van der Waals surface area contributed by atoms with Crippen LogP contribution in [0.2, 0.25) is 0 Å². The Morgan fingerprint density at radius 2 is 1.96 bits per heavy atom. The Morgan fingerprint density at radius 3 is 2.69 bits per heavy atom. The van der Waals surface area contributed by atoms with Crippen molar-refractivity contribution in [1.82, 2.24) is 15.1 Å². The zero-order chi connectivity index (χ0) is 18.4. The Labute approximate surface area is 153 Å². The van der Waals surface area contributed by atoms with Crippen LogP contribution in [-0.4, -0.2) is 22.3 Å². The molecular formula is C21H23N3O2. The van der Waals surface area contributed by atoms with Crippen molar-refractivity contribution in [2.24, 2.45) is 0 Å². The summed E-state index contributed by atoms with van der Waals surface area (Å²) in [6.45, 7) is 5.65. The molecule has 2 aromatic carbocycles. The lowest BCUT2D eigenvalue weighted by atomic mass is 10.1. The van der Waals surface area contributed by atoms with E-state index in [1.807, 2.05) is 55.1 Å². The normalized spacial score (nSPS) is 10.5. The summed E-state index contributed by atoms with van der Waals surface area (Å²) < 4.78 is 7.38. The zero-order valence-electron chi connectivity index (χ0n) is 15.1. The van der Waals surface area contributed by atoms with Crippen LogP contribution in [-0.2, 0) is 13.1 Å². The molecule has 0 saturated carbocycles. The molecule has 1 heterocycles. The van der Waals surface area contributed by atoms with Crippen LogP contribution in [0.25, 0.3) is 0 Å². The number of nitrogens with one attached hydrogen (secondary N) is 1. The Hall–Kier alpha value is -3.08. The van der Waals surface area contributed by atoms with E-state index in [0.717, 1.165) is 16.9 Å². The van der Waals surface area contributed by atoms with Crippen LogP contribution in [0.15, 0.2) is 60.9 Å². The van der Waals surface area contributed by atoms with E-state index in [9.17, 15) is 4.79 Å². The molecule has 5 nitrogen and oxygen atoms in total. The van der Waals surface area contributed by atoms with E-state index in [-0.39, 0.29) is 5.91 Å². The molecule has 0 atom stereocenters. The summed E-state index contributed by atoms with van der Waals surface area (Å²) in [6, 6.07) is 15.6. The first-order chi connectivity index (χ1) is 12.7. The van der Waals surface area contributed by atoms with E-state index >= 15 is 0 Å². The van der Waals surface area contributed by atoms with Gasteiger partial charge in [0.1, 0.15) is 5.75 Å². The number of hydrogen-bond acceptors (Lipinski definition) is 3. The standard InChI is InChI=1S/C21H23N3O2/c1-3-26-20-10-9-19(11-16(20)2)21(25)22-12-18-13-23-24(15-18)14-17-7-5-4-6-8-17/h4-11,13,15H,3,12,14H2,1-2H3,(H,22,25). The molecule has 3 aromatic rings. The van der Waals surface area contributed by atoms with Crippen LogP contribution >= 0.6 is 0 Å². The lowest BCUT2D eigenvalue weighted by molar-refractivity contribution is 0.0951. The van der Waals surface area contributed by atoms with Crippen molar-refractivity contribution in [2.45, 2.75) is 26.9 Å². The summed E-state index contributed by atoms with van der Waals surface area (Å²) in [5.41, 5.74) is 3.74. The lowest BCUT2D eigenvalue weighted by Crippen LogP contribution is -2.22. The fourth-order valence-electron chi connectivity index (χ4n) is 2.75. The Kier molecular flexibility index (Phi) is 5.69. The highest BCUT2D eigenvalue weighted by molar-refractivity contribution is 5.94. The Morgan fingerprint density at radius 1 is 1.15 bits per heavy atom. The van der Waals surface area contributed by atoms with Gasteiger partial charge in [-0.2, -0.15) is 5.10 Å². The van der Waals surface area contributed by atoms with Crippen LogP contribution in [0, 0.1) is 6.92 Å². The minimum Gasteiger partial charge on any atom is -0.494 e. The first kappa shape index (κ1) is 17.7. The molecule has 0 aliphatic carbocycles. The van der Waals surface area contributed by atoms with E-state index in [0.29, 0.717) is 25.3 Å². The third-order valence-corrected chi connectivity index (χ3v) is 4.06. The summed E-state index contributed by atoms with van der Waals surface area (Å²) >= 11 is 0. The molecule has 134 valence electrons.